The average molecular weight is 323 g/mol. The van der Waals surface area contributed by atoms with Crippen molar-refractivity contribution in [3.63, 3.8) is 0 Å². The van der Waals surface area contributed by atoms with E-state index in [1.165, 1.54) is 13.2 Å². The number of carbonyl (C=O) groups is 1. The second-order valence-corrected chi connectivity index (χ2v) is 4.44. The van der Waals surface area contributed by atoms with E-state index in [-0.39, 0.29) is 35.5 Å². The standard InChI is InChI=1S/C12H13BrF2O3/c1-17-4-5-18-7-8(16)6-9-11(14)3-2-10(13)12(9)15/h2-3H,4-7H2,1H3. The molecule has 3 nitrogen and oxygen atoms in total. The van der Waals surface area contributed by atoms with Crippen LogP contribution in [0.15, 0.2) is 16.6 Å². The molecule has 0 saturated carbocycles. The maximum absolute atomic E-state index is 13.6. The summed E-state index contributed by atoms with van der Waals surface area (Å²) in [5.74, 6) is -1.87. The van der Waals surface area contributed by atoms with E-state index in [0.29, 0.717) is 6.61 Å². The van der Waals surface area contributed by atoms with Crippen LogP contribution < -0.4 is 0 Å². The van der Waals surface area contributed by atoms with E-state index < -0.39 is 11.6 Å². The Bertz CT molecular complexity index is 424. The van der Waals surface area contributed by atoms with Gasteiger partial charge in [0.25, 0.3) is 0 Å². The van der Waals surface area contributed by atoms with E-state index in [1.807, 2.05) is 0 Å². The first-order chi connectivity index (χ1) is 8.56. The Morgan fingerprint density at radius 2 is 2.06 bits per heavy atom. The minimum absolute atomic E-state index is 0.131. The summed E-state index contributed by atoms with van der Waals surface area (Å²) in [6.45, 7) is 0.452. The minimum Gasteiger partial charge on any atom is -0.382 e. The van der Waals surface area contributed by atoms with Gasteiger partial charge in [-0.1, -0.05) is 0 Å². The molecule has 0 radical (unpaired) electrons. The summed E-state index contributed by atoms with van der Waals surface area (Å²) in [7, 11) is 1.51. The van der Waals surface area contributed by atoms with Crippen molar-refractivity contribution in [2.24, 2.45) is 0 Å². The van der Waals surface area contributed by atoms with Crippen LogP contribution >= 0.6 is 15.9 Å². The van der Waals surface area contributed by atoms with Crippen molar-refractivity contribution in [1.82, 2.24) is 0 Å². The molecule has 0 aliphatic rings. The van der Waals surface area contributed by atoms with E-state index in [9.17, 15) is 13.6 Å². The van der Waals surface area contributed by atoms with Crippen LogP contribution in [0.2, 0.25) is 0 Å². The number of carbonyl (C=O) groups excluding carboxylic acids is 1. The Morgan fingerprint density at radius 1 is 1.33 bits per heavy atom. The van der Waals surface area contributed by atoms with E-state index >= 15 is 0 Å². The topological polar surface area (TPSA) is 35.5 Å². The molecule has 0 bridgehead atoms. The lowest BCUT2D eigenvalue weighted by Gasteiger charge is -2.06. The average Bonchev–Trinajstić information content (AvgIpc) is 2.35. The van der Waals surface area contributed by atoms with Crippen LogP contribution in [0.25, 0.3) is 0 Å². The van der Waals surface area contributed by atoms with Gasteiger partial charge in [0.05, 0.1) is 17.7 Å². The van der Waals surface area contributed by atoms with Crippen LogP contribution in [0.4, 0.5) is 8.78 Å². The number of benzene rings is 1. The molecule has 1 aromatic carbocycles. The molecular weight excluding hydrogens is 310 g/mol. The van der Waals surface area contributed by atoms with Crippen LogP contribution in [0, 0.1) is 11.6 Å². The number of rotatable bonds is 7. The Kier molecular flexibility index (Phi) is 6.38. The normalized spacial score (nSPS) is 10.7. The van der Waals surface area contributed by atoms with Gasteiger partial charge >= 0.3 is 0 Å². The third-order valence-corrected chi connectivity index (χ3v) is 2.82. The molecule has 6 heteroatoms. The molecule has 0 saturated heterocycles. The third kappa shape index (κ3) is 4.44. The van der Waals surface area contributed by atoms with Gasteiger partial charge in [-0.15, -0.1) is 0 Å². The quantitative estimate of drug-likeness (QED) is 0.571. The molecule has 0 N–H and O–H groups in total. The van der Waals surface area contributed by atoms with Crippen LogP contribution in [0.5, 0.6) is 0 Å². The van der Waals surface area contributed by atoms with Crippen LogP contribution in [-0.2, 0) is 20.7 Å². The van der Waals surface area contributed by atoms with Crippen molar-refractivity contribution in [2.45, 2.75) is 6.42 Å². The molecule has 100 valence electrons. The number of hydrogen-bond acceptors (Lipinski definition) is 3. The number of halogens is 3. The second kappa shape index (κ2) is 7.56. The lowest BCUT2D eigenvalue weighted by Crippen LogP contribution is -2.15. The van der Waals surface area contributed by atoms with Gasteiger partial charge in [0, 0.05) is 19.1 Å². The lowest BCUT2D eigenvalue weighted by atomic mass is 10.1. The summed E-state index contributed by atoms with van der Waals surface area (Å²) in [6.07, 6.45) is -0.329. The summed E-state index contributed by atoms with van der Waals surface area (Å²) in [4.78, 5) is 11.5. The fourth-order valence-corrected chi connectivity index (χ4v) is 1.68. The zero-order chi connectivity index (χ0) is 13.5. The van der Waals surface area contributed by atoms with Gasteiger partial charge in [0.2, 0.25) is 0 Å². The minimum atomic E-state index is -0.750. The first-order valence-corrected chi connectivity index (χ1v) is 6.06. The van der Waals surface area contributed by atoms with E-state index in [4.69, 9.17) is 9.47 Å². The molecule has 0 unspecified atom stereocenters. The summed E-state index contributed by atoms with van der Waals surface area (Å²) in [5.41, 5.74) is -0.246. The maximum Gasteiger partial charge on any atom is 0.163 e. The Labute approximate surface area is 112 Å². The van der Waals surface area contributed by atoms with Crippen LogP contribution in [0.3, 0.4) is 0 Å². The first-order valence-electron chi connectivity index (χ1n) is 5.27. The Morgan fingerprint density at radius 3 is 2.72 bits per heavy atom. The lowest BCUT2D eigenvalue weighted by molar-refractivity contribution is -0.123. The number of methoxy groups -OCH3 is 1. The number of ether oxygens (including phenoxy) is 2. The molecule has 0 amide bonds. The molecule has 1 aromatic rings. The highest BCUT2D eigenvalue weighted by atomic mass is 79.9. The van der Waals surface area contributed by atoms with Crippen molar-refractivity contribution < 1.29 is 23.0 Å². The van der Waals surface area contributed by atoms with Crippen LogP contribution in [-0.4, -0.2) is 32.7 Å². The number of ketones is 1. The van der Waals surface area contributed by atoms with Gasteiger partial charge < -0.3 is 9.47 Å². The van der Waals surface area contributed by atoms with Gasteiger partial charge in [-0.05, 0) is 28.1 Å². The van der Waals surface area contributed by atoms with E-state index in [2.05, 4.69) is 15.9 Å². The fourth-order valence-electron chi connectivity index (χ4n) is 1.31. The highest BCUT2D eigenvalue weighted by molar-refractivity contribution is 9.10. The largest absolute Gasteiger partial charge is 0.382 e. The summed E-state index contributed by atoms with van der Waals surface area (Å²) < 4.78 is 36.8. The molecule has 0 aliphatic carbocycles. The smallest absolute Gasteiger partial charge is 0.163 e. The number of hydrogen-bond donors (Lipinski definition) is 0. The van der Waals surface area contributed by atoms with Crippen molar-refractivity contribution in [1.29, 1.82) is 0 Å². The first kappa shape index (κ1) is 15.2. The molecule has 0 heterocycles. The predicted molar refractivity (Wildman–Crippen MR) is 65.5 cm³/mol. The molecular formula is C12H13BrF2O3. The van der Waals surface area contributed by atoms with Gasteiger partial charge in [-0.2, -0.15) is 0 Å². The fraction of sp³-hybridized carbons (Fsp3) is 0.417. The monoisotopic (exact) mass is 322 g/mol. The van der Waals surface area contributed by atoms with E-state index in [0.717, 1.165) is 6.07 Å². The molecule has 0 aliphatic heterocycles. The highest BCUT2D eigenvalue weighted by Crippen LogP contribution is 2.22. The highest BCUT2D eigenvalue weighted by Gasteiger charge is 2.15. The molecule has 0 spiro atoms. The van der Waals surface area contributed by atoms with Gasteiger partial charge in [0.15, 0.2) is 5.78 Å². The number of Topliss-reactive ketones (excluding diaryl/α,β-unsaturated/α-hetero) is 1. The van der Waals surface area contributed by atoms with Crippen molar-refractivity contribution in [3.05, 3.63) is 33.8 Å². The summed E-state index contributed by atoms with van der Waals surface area (Å²) in [5, 5.41) is 0. The Balaban J connectivity index is 2.57. The van der Waals surface area contributed by atoms with Crippen molar-refractivity contribution in [2.75, 3.05) is 26.9 Å². The SMILES string of the molecule is COCCOCC(=O)Cc1c(F)ccc(Br)c1F. The van der Waals surface area contributed by atoms with Crippen molar-refractivity contribution >= 4 is 21.7 Å². The zero-order valence-electron chi connectivity index (χ0n) is 9.84. The predicted octanol–water partition coefficient (Wildman–Crippen LogP) is 2.50. The Hall–Kier alpha value is -0.850. The maximum atomic E-state index is 13.6. The molecule has 18 heavy (non-hydrogen) atoms. The molecule has 0 atom stereocenters. The summed E-state index contributed by atoms with van der Waals surface area (Å²) in [6, 6.07) is 2.37. The molecule has 0 fully saturated rings. The van der Waals surface area contributed by atoms with Gasteiger partial charge in [0.1, 0.15) is 18.2 Å². The van der Waals surface area contributed by atoms with E-state index in [1.54, 1.807) is 0 Å². The van der Waals surface area contributed by atoms with Crippen molar-refractivity contribution in [3.8, 4) is 0 Å². The zero-order valence-corrected chi connectivity index (χ0v) is 11.4. The molecule has 0 aromatic heterocycles. The van der Waals surface area contributed by atoms with Crippen LogP contribution in [0.1, 0.15) is 5.56 Å². The molecule has 1 rings (SSSR count). The van der Waals surface area contributed by atoms with Gasteiger partial charge in [-0.3, -0.25) is 4.79 Å². The summed E-state index contributed by atoms with van der Waals surface area (Å²) >= 11 is 2.94. The third-order valence-electron chi connectivity index (χ3n) is 2.21. The van der Waals surface area contributed by atoms with Gasteiger partial charge in [-0.25, -0.2) is 8.78 Å². The second-order valence-electron chi connectivity index (χ2n) is 3.58.